The van der Waals surface area contributed by atoms with Crippen LogP contribution in [0.3, 0.4) is 0 Å². The normalized spacial score (nSPS) is 10.7. The molecule has 206 valence electrons. The molecule has 0 spiro atoms. The lowest BCUT2D eigenvalue weighted by molar-refractivity contribution is 0.0954. The number of aromatic nitrogens is 3. The molecule has 2 aromatic heterocycles. The molecule has 2 N–H and O–H groups in total. The molecule has 0 bridgehead atoms. The van der Waals surface area contributed by atoms with Crippen LogP contribution in [-0.4, -0.2) is 27.2 Å². The van der Waals surface area contributed by atoms with Gasteiger partial charge in [-0.25, -0.2) is 0 Å². The number of rotatable bonds is 9. The summed E-state index contributed by atoms with van der Waals surface area (Å²) >= 11 is 0. The molecular formula is C33H31N5O3. The number of carbonyl (C=O) groups excluding carboxylic acids is 1. The molecule has 5 aromatic rings. The van der Waals surface area contributed by atoms with Crippen LogP contribution in [0.5, 0.6) is 11.5 Å². The first-order valence-corrected chi connectivity index (χ1v) is 13.4. The van der Waals surface area contributed by atoms with Gasteiger partial charge in [-0.3, -0.25) is 14.6 Å². The number of hydrogen-bond donors (Lipinski definition) is 2. The number of carbonyl (C=O) groups is 1. The second-order valence-electron chi connectivity index (χ2n) is 9.82. The van der Waals surface area contributed by atoms with Crippen molar-refractivity contribution in [2.75, 3.05) is 11.9 Å². The van der Waals surface area contributed by atoms with E-state index in [1.165, 1.54) is 10.9 Å². The number of benzene rings is 3. The summed E-state index contributed by atoms with van der Waals surface area (Å²) in [6.07, 6.45) is 3.88. The van der Waals surface area contributed by atoms with E-state index in [2.05, 4.69) is 20.7 Å². The average Bonchev–Trinajstić information content (AvgIpc) is 2.98. The van der Waals surface area contributed by atoms with E-state index in [0.717, 1.165) is 22.4 Å². The third kappa shape index (κ3) is 6.67. The molecule has 0 radical (unpaired) electrons. The Morgan fingerprint density at radius 3 is 2.49 bits per heavy atom. The molecular weight excluding hydrogens is 514 g/mol. The number of nitrogens with zero attached hydrogens (tertiary/aromatic N) is 3. The SMILES string of the molecule is Cc1ccc(-n2ncc(Oc3ccc(C)c(C)c3)c(Nc3cccc(C(=O)NCCc4ccccn4)c3)c2=O)cc1. The summed E-state index contributed by atoms with van der Waals surface area (Å²) in [6, 6.07) is 25.9. The highest BCUT2D eigenvalue weighted by molar-refractivity contribution is 5.95. The highest BCUT2D eigenvalue weighted by atomic mass is 16.5. The van der Waals surface area contributed by atoms with Gasteiger partial charge >= 0.3 is 0 Å². The van der Waals surface area contributed by atoms with Crippen molar-refractivity contribution in [2.45, 2.75) is 27.2 Å². The number of nitrogens with one attached hydrogen (secondary N) is 2. The Kier molecular flexibility index (Phi) is 8.20. The van der Waals surface area contributed by atoms with Crippen molar-refractivity contribution in [3.8, 4) is 17.2 Å². The zero-order chi connectivity index (χ0) is 28.8. The van der Waals surface area contributed by atoms with Gasteiger partial charge in [0.2, 0.25) is 0 Å². The molecule has 8 nitrogen and oxygen atoms in total. The Bertz CT molecular complexity index is 1730. The van der Waals surface area contributed by atoms with Crippen LogP contribution in [0.4, 0.5) is 11.4 Å². The third-order valence-corrected chi connectivity index (χ3v) is 6.71. The lowest BCUT2D eigenvalue weighted by Gasteiger charge is -2.15. The van der Waals surface area contributed by atoms with Crippen molar-refractivity contribution in [1.82, 2.24) is 20.1 Å². The molecule has 0 aliphatic heterocycles. The van der Waals surface area contributed by atoms with E-state index in [1.54, 1.807) is 30.5 Å². The lowest BCUT2D eigenvalue weighted by Crippen LogP contribution is -2.26. The quantitative estimate of drug-likeness (QED) is 0.234. The maximum absolute atomic E-state index is 13.8. The summed E-state index contributed by atoms with van der Waals surface area (Å²) in [4.78, 5) is 30.9. The zero-order valence-corrected chi connectivity index (χ0v) is 23.2. The number of pyridine rings is 1. The first kappa shape index (κ1) is 27.3. The van der Waals surface area contributed by atoms with Crippen molar-refractivity contribution in [1.29, 1.82) is 0 Å². The van der Waals surface area contributed by atoms with Crippen LogP contribution in [0, 0.1) is 20.8 Å². The predicted molar refractivity (Wildman–Crippen MR) is 161 cm³/mol. The van der Waals surface area contributed by atoms with Crippen LogP contribution in [0.1, 0.15) is 32.7 Å². The van der Waals surface area contributed by atoms with Crippen molar-refractivity contribution in [2.24, 2.45) is 0 Å². The topological polar surface area (TPSA) is 98.1 Å². The van der Waals surface area contributed by atoms with Gasteiger partial charge < -0.3 is 15.4 Å². The van der Waals surface area contributed by atoms with Crippen LogP contribution in [0.2, 0.25) is 0 Å². The predicted octanol–water partition coefficient (Wildman–Crippen LogP) is 6.06. The van der Waals surface area contributed by atoms with Gasteiger partial charge in [0.05, 0.1) is 11.9 Å². The minimum atomic E-state index is -0.389. The molecule has 0 atom stereocenters. The summed E-state index contributed by atoms with van der Waals surface area (Å²) in [7, 11) is 0. The molecule has 0 saturated carbocycles. The summed E-state index contributed by atoms with van der Waals surface area (Å²) in [5.41, 5.74) is 5.64. The maximum Gasteiger partial charge on any atom is 0.299 e. The van der Waals surface area contributed by atoms with Gasteiger partial charge in [-0.15, -0.1) is 0 Å². The number of hydrogen-bond acceptors (Lipinski definition) is 6. The fourth-order valence-electron chi connectivity index (χ4n) is 4.24. The van der Waals surface area contributed by atoms with E-state index in [-0.39, 0.29) is 22.9 Å². The molecule has 1 amide bonds. The van der Waals surface area contributed by atoms with Crippen LogP contribution in [0.25, 0.3) is 5.69 Å². The summed E-state index contributed by atoms with van der Waals surface area (Å²) < 4.78 is 7.48. The fraction of sp³-hybridized carbons (Fsp3) is 0.152. The first-order valence-electron chi connectivity index (χ1n) is 13.4. The van der Waals surface area contributed by atoms with E-state index in [0.29, 0.717) is 35.7 Å². The largest absolute Gasteiger partial charge is 0.453 e. The van der Waals surface area contributed by atoms with Gasteiger partial charge in [0.15, 0.2) is 11.4 Å². The molecule has 3 aromatic carbocycles. The molecule has 2 heterocycles. The molecule has 0 aliphatic rings. The second kappa shape index (κ2) is 12.3. The van der Waals surface area contributed by atoms with Gasteiger partial charge in [0.1, 0.15) is 5.75 Å². The van der Waals surface area contributed by atoms with Crippen LogP contribution in [-0.2, 0) is 6.42 Å². The minimum Gasteiger partial charge on any atom is -0.453 e. The fourth-order valence-corrected chi connectivity index (χ4v) is 4.24. The summed E-state index contributed by atoms with van der Waals surface area (Å²) in [5, 5.41) is 10.5. The number of ether oxygens (including phenoxy) is 1. The number of aryl methyl sites for hydroxylation is 3. The van der Waals surface area contributed by atoms with Crippen LogP contribution in [0.15, 0.2) is 102 Å². The molecule has 0 unspecified atom stereocenters. The van der Waals surface area contributed by atoms with E-state index < -0.39 is 0 Å². The van der Waals surface area contributed by atoms with E-state index >= 15 is 0 Å². The van der Waals surface area contributed by atoms with Gasteiger partial charge in [-0.2, -0.15) is 9.78 Å². The minimum absolute atomic E-state index is 0.200. The average molecular weight is 546 g/mol. The molecule has 5 rings (SSSR count). The van der Waals surface area contributed by atoms with Gasteiger partial charge in [-0.05, 0) is 86.5 Å². The van der Waals surface area contributed by atoms with Crippen molar-refractivity contribution >= 4 is 17.3 Å². The smallest absolute Gasteiger partial charge is 0.299 e. The number of amides is 1. The summed E-state index contributed by atoms with van der Waals surface area (Å²) in [5.74, 6) is 0.640. The Balaban J connectivity index is 1.43. The van der Waals surface area contributed by atoms with Gasteiger partial charge in [0, 0.05) is 36.1 Å². The van der Waals surface area contributed by atoms with Gasteiger partial charge in [0.25, 0.3) is 11.5 Å². The van der Waals surface area contributed by atoms with Gasteiger partial charge in [-0.1, -0.05) is 35.9 Å². The van der Waals surface area contributed by atoms with E-state index in [1.807, 2.05) is 81.4 Å². The maximum atomic E-state index is 13.8. The first-order chi connectivity index (χ1) is 19.9. The Labute approximate surface area is 238 Å². The van der Waals surface area contributed by atoms with Crippen molar-refractivity contribution in [3.05, 3.63) is 136 Å². The molecule has 8 heteroatoms. The third-order valence-electron chi connectivity index (χ3n) is 6.71. The summed E-state index contributed by atoms with van der Waals surface area (Å²) in [6.45, 7) is 6.46. The Morgan fingerprint density at radius 2 is 1.73 bits per heavy atom. The molecule has 0 aliphatic carbocycles. The Hall–Kier alpha value is -5.24. The molecule has 0 fully saturated rings. The monoisotopic (exact) mass is 545 g/mol. The Morgan fingerprint density at radius 1 is 0.902 bits per heavy atom. The lowest BCUT2D eigenvalue weighted by atomic mass is 10.1. The van der Waals surface area contributed by atoms with E-state index in [4.69, 9.17) is 4.74 Å². The standard InChI is InChI=1S/C33H31N5O3/c1-22-10-13-28(14-11-22)38-33(40)31(30(21-36-38)41-29-15-12-23(2)24(3)19-29)37-27-9-6-7-25(20-27)32(39)35-18-16-26-8-4-5-17-34-26/h4-15,17,19-21,37H,16,18H2,1-3H3,(H,35,39). The molecule has 41 heavy (non-hydrogen) atoms. The highest BCUT2D eigenvalue weighted by Crippen LogP contribution is 2.30. The van der Waals surface area contributed by atoms with Crippen LogP contribution >= 0.6 is 0 Å². The number of anilines is 2. The second-order valence-corrected chi connectivity index (χ2v) is 9.82. The highest BCUT2D eigenvalue weighted by Gasteiger charge is 2.17. The van der Waals surface area contributed by atoms with Crippen LogP contribution < -0.4 is 20.9 Å². The zero-order valence-electron chi connectivity index (χ0n) is 23.2. The van der Waals surface area contributed by atoms with Crippen molar-refractivity contribution in [3.63, 3.8) is 0 Å². The molecule has 0 saturated heterocycles. The van der Waals surface area contributed by atoms with E-state index in [9.17, 15) is 9.59 Å². The van der Waals surface area contributed by atoms with Crippen molar-refractivity contribution < 1.29 is 9.53 Å².